The number of rotatable bonds is 7. The van der Waals surface area contributed by atoms with Crippen LogP contribution in [0.1, 0.15) is 61.3 Å². The number of unbranched alkanes of at least 4 members (excludes halogenated alkanes) is 1. The summed E-state index contributed by atoms with van der Waals surface area (Å²) < 4.78 is 0. The number of carbonyl (C=O) groups is 1. The Kier molecular flexibility index (Phi) is 7.23. The molecular formula is C30H31N3O. The van der Waals surface area contributed by atoms with Crippen LogP contribution < -0.4 is 5.32 Å². The Bertz CT molecular complexity index is 1240. The molecule has 4 heteroatoms. The van der Waals surface area contributed by atoms with E-state index in [4.69, 9.17) is 4.99 Å². The number of carbonyl (C=O) groups excluding carboxylic acids is 1. The number of hydrogen-bond donors (Lipinski definition) is 1. The van der Waals surface area contributed by atoms with E-state index in [1.54, 1.807) is 0 Å². The Hall–Kier alpha value is -3.71. The standard InChI is InChI=1S/C30H31N3O/c1-4-5-14-27-29(30(34)33-21(3)32-27)28(25-12-8-6-10-20(25)2)23-17-15-22(16-18-23)26-13-9-7-11-24(26)19-31/h6-13,15-18,21,28-29H,4-5,14H2,1-3H3,(H,33,34)/t21?,28-,29?/m1/s1. The summed E-state index contributed by atoms with van der Waals surface area (Å²) in [7, 11) is 0. The molecule has 3 atom stereocenters. The molecule has 0 fully saturated rings. The average molecular weight is 450 g/mol. The fourth-order valence-electron chi connectivity index (χ4n) is 4.92. The normalized spacial score (nSPS) is 18.5. The van der Waals surface area contributed by atoms with Gasteiger partial charge >= 0.3 is 0 Å². The second kappa shape index (κ2) is 10.5. The minimum Gasteiger partial charge on any atom is -0.334 e. The minimum absolute atomic E-state index is 0.0424. The van der Waals surface area contributed by atoms with Gasteiger partial charge in [0.25, 0.3) is 0 Å². The van der Waals surface area contributed by atoms with E-state index in [0.717, 1.165) is 52.8 Å². The number of amides is 1. The van der Waals surface area contributed by atoms with Gasteiger partial charge in [-0.3, -0.25) is 9.79 Å². The van der Waals surface area contributed by atoms with E-state index >= 15 is 0 Å². The average Bonchev–Trinajstić information content (AvgIpc) is 2.85. The maximum absolute atomic E-state index is 13.4. The van der Waals surface area contributed by atoms with E-state index in [9.17, 15) is 10.1 Å². The number of nitrogens with zero attached hydrogens (tertiary/aromatic N) is 2. The Morgan fingerprint density at radius 2 is 1.74 bits per heavy atom. The maximum Gasteiger partial charge on any atom is 0.231 e. The Morgan fingerprint density at radius 3 is 2.44 bits per heavy atom. The van der Waals surface area contributed by atoms with Gasteiger partial charge in [0.1, 0.15) is 6.17 Å². The van der Waals surface area contributed by atoms with Crippen molar-refractivity contribution in [1.29, 1.82) is 5.26 Å². The molecule has 172 valence electrons. The summed E-state index contributed by atoms with van der Waals surface area (Å²) in [4.78, 5) is 18.3. The highest BCUT2D eigenvalue weighted by atomic mass is 16.2. The van der Waals surface area contributed by atoms with Gasteiger partial charge in [0, 0.05) is 11.6 Å². The van der Waals surface area contributed by atoms with Crippen molar-refractivity contribution in [2.75, 3.05) is 0 Å². The summed E-state index contributed by atoms with van der Waals surface area (Å²) in [6.45, 7) is 6.20. The van der Waals surface area contributed by atoms with Crippen LogP contribution in [0, 0.1) is 24.2 Å². The highest BCUT2D eigenvalue weighted by Gasteiger charge is 2.38. The lowest BCUT2D eigenvalue weighted by Gasteiger charge is -2.34. The monoisotopic (exact) mass is 449 g/mol. The van der Waals surface area contributed by atoms with E-state index in [2.05, 4.69) is 61.6 Å². The van der Waals surface area contributed by atoms with E-state index < -0.39 is 0 Å². The molecule has 0 saturated heterocycles. The highest BCUT2D eigenvalue weighted by molar-refractivity contribution is 6.07. The molecular weight excluding hydrogens is 418 g/mol. The number of benzene rings is 3. The van der Waals surface area contributed by atoms with Crippen molar-refractivity contribution in [3.63, 3.8) is 0 Å². The lowest BCUT2D eigenvalue weighted by atomic mass is 9.74. The van der Waals surface area contributed by atoms with Crippen LogP contribution in [0.25, 0.3) is 11.1 Å². The van der Waals surface area contributed by atoms with Gasteiger partial charge in [0.15, 0.2) is 0 Å². The van der Waals surface area contributed by atoms with Crippen molar-refractivity contribution >= 4 is 11.6 Å². The van der Waals surface area contributed by atoms with Crippen molar-refractivity contribution < 1.29 is 4.79 Å². The zero-order chi connectivity index (χ0) is 24.1. The van der Waals surface area contributed by atoms with Crippen LogP contribution in [0.15, 0.2) is 77.8 Å². The molecule has 0 saturated carbocycles. The van der Waals surface area contributed by atoms with Crippen LogP contribution in [0.3, 0.4) is 0 Å². The predicted molar refractivity (Wildman–Crippen MR) is 138 cm³/mol. The highest BCUT2D eigenvalue weighted by Crippen LogP contribution is 2.38. The molecule has 1 amide bonds. The van der Waals surface area contributed by atoms with Crippen molar-refractivity contribution in [1.82, 2.24) is 5.32 Å². The van der Waals surface area contributed by atoms with Gasteiger partial charge in [-0.2, -0.15) is 5.26 Å². The van der Waals surface area contributed by atoms with Gasteiger partial charge in [-0.05, 0) is 60.6 Å². The molecule has 0 aromatic heterocycles. The third-order valence-corrected chi connectivity index (χ3v) is 6.62. The number of nitriles is 1. The van der Waals surface area contributed by atoms with Gasteiger partial charge in [0.2, 0.25) is 5.91 Å². The molecule has 1 heterocycles. The Balaban J connectivity index is 1.82. The van der Waals surface area contributed by atoms with Crippen LogP contribution in [0.5, 0.6) is 0 Å². The summed E-state index contributed by atoms with van der Waals surface area (Å²) in [6.07, 6.45) is 2.70. The van der Waals surface area contributed by atoms with Crippen molar-refractivity contribution in [3.05, 3.63) is 95.1 Å². The predicted octanol–water partition coefficient (Wildman–Crippen LogP) is 6.39. The fourth-order valence-corrected chi connectivity index (χ4v) is 4.92. The summed E-state index contributed by atoms with van der Waals surface area (Å²) in [5.41, 5.74) is 6.93. The molecule has 1 N–H and O–H groups in total. The third-order valence-electron chi connectivity index (χ3n) is 6.62. The van der Waals surface area contributed by atoms with Crippen LogP contribution in [0.4, 0.5) is 0 Å². The lowest BCUT2D eigenvalue weighted by molar-refractivity contribution is -0.124. The van der Waals surface area contributed by atoms with Crippen LogP contribution >= 0.6 is 0 Å². The van der Waals surface area contributed by atoms with Gasteiger partial charge in [-0.15, -0.1) is 0 Å². The second-order valence-electron chi connectivity index (χ2n) is 9.00. The van der Waals surface area contributed by atoms with Gasteiger partial charge in [-0.25, -0.2) is 0 Å². The van der Waals surface area contributed by atoms with E-state index in [1.807, 2.05) is 43.3 Å². The van der Waals surface area contributed by atoms with Crippen molar-refractivity contribution in [3.8, 4) is 17.2 Å². The first kappa shape index (κ1) is 23.4. The SMILES string of the molecule is CCCCC1=NC(C)NC(=O)C1[C@H](c1ccc(-c2ccccc2C#N)cc1)c1ccccc1C. The topological polar surface area (TPSA) is 65.2 Å². The summed E-state index contributed by atoms with van der Waals surface area (Å²) in [5, 5.41) is 12.6. The zero-order valence-corrected chi connectivity index (χ0v) is 20.1. The maximum atomic E-state index is 13.4. The fraction of sp³-hybridized carbons (Fsp3) is 0.300. The Morgan fingerprint density at radius 1 is 1.03 bits per heavy atom. The molecule has 34 heavy (non-hydrogen) atoms. The third kappa shape index (κ3) is 4.79. The largest absolute Gasteiger partial charge is 0.334 e. The van der Waals surface area contributed by atoms with E-state index in [1.165, 1.54) is 0 Å². The first-order valence-corrected chi connectivity index (χ1v) is 12.1. The smallest absolute Gasteiger partial charge is 0.231 e. The van der Waals surface area contributed by atoms with Crippen molar-refractivity contribution in [2.45, 2.75) is 52.1 Å². The van der Waals surface area contributed by atoms with Gasteiger partial charge in [-0.1, -0.05) is 80.1 Å². The van der Waals surface area contributed by atoms with Crippen LogP contribution in [-0.2, 0) is 4.79 Å². The number of nitrogens with one attached hydrogen (secondary N) is 1. The molecule has 0 radical (unpaired) electrons. The molecule has 3 aromatic rings. The van der Waals surface area contributed by atoms with Gasteiger partial charge in [0.05, 0.1) is 17.6 Å². The number of hydrogen-bond acceptors (Lipinski definition) is 3. The summed E-state index contributed by atoms with van der Waals surface area (Å²) in [6, 6.07) is 26.5. The summed E-state index contributed by atoms with van der Waals surface area (Å²) in [5.74, 6) is -0.438. The minimum atomic E-state index is -0.346. The number of aryl methyl sites for hydroxylation is 1. The van der Waals surface area contributed by atoms with E-state index in [-0.39, 0.29) is 23.9 Å². The summed E-state index contributed by atoms with van der Waals surface area (Å²) >= 11 is 0. The molecule has 1 aliphatic rings. The molecule has 0 bridgehead atoms. The van der Waals surface area contributed by atoms with E-state index in [0.29, 0.717) is 5.56 Å². The first-order valence-electron chi connectivity index (χ1n) is 12.1. The van der Waals surface area contributed by atoms with Crippen LogP contribution in [-0.4, -0.2) is 17.8 Å². The zero-order valence-electron chi connectivity index (χ0n) is 20.1. The lowest BCUT2D eigenvalue weighted by Crippen LogP contribution is -2.47. The second-order valence-corrected chi connectivity index (χ2v) is 9.00. The molecule has 0 aliphatic carbocycles. The van der Waals surface area contributed by atoms with Crippen LogP contribution in [0.2, 0.25) is 0 Å². The first-order chi connectivity index (χ1) is 16.5. The molecule has 2 unspecified atom stereocenters. The van der Waals surface area contributed by atoms with Crippen molar-refractivity contribution in [2.24, 2.45) is 10.9 Å². The Labute approximate surface area is 202 Å². The molecule has 1 aliphatic heterocycles. The molecule has 4 nitrogen and oxygen atoms in total. The van der Waals surface area contributed by atoms with Gasteiger partial charge < -0.3 is 5.32 Å². The molecule has 4 rings (SSSR count). The molecule has 3 aromatic carbocycles. The molecule has 0 spiro atoms. The quantitative estimate of drug-likeness (QED) is 0.454. The number of aliphatic imine (C=N–C) groups is 1.